The summed E-state index contributed by atoms with van der Waals surface area (Å²) in [5, 5.41) is 22.2. The average Bonchev–Trinajstić information content (AvgIpc) is 2.28. The first kappa shape index (κ1) is 12.8. The van der Waals surface area contributed by atoms with Crippen molar-refractivity contribution in [3.05, 3.63) is 34.9 Å². The van der Waals surface area contributed by atoms with Gasteiger partial charge < -0.3 is 15.5 Å². The fraction of sp³-hybridized carbons (Fsp3) is 0.417. The molecule has 4 nitrogen and oxygen atoms in total. The predicted molar refractivity (Wildman–Crippen MR) is 61.5 cm³/mol. The van der Waals surface area contributed by atoms with Crippen molar-refractivity contribution in [3.8, 4) is 0 Å². The Morgan fingerprint density at radius 3 is 2.62 bits per heavy atom. The van der Waals surface area contributed by atoms with Gasteiger partial charge in [-0.2, -0.15) is 0 Å². The highest BCUT2D eigenvalue weighted by Gasteiger charge is 2.17. The van der Waals surface area contributed by atoms with E-state index < -0.39 is 12.2 Å². The van der Waals surface area contributed by atoms with Crippen LogP contribution in [0.1, 0.15) is 27.6 Å². The van der Waals surface area contributed by atoms with E-state index in [-0.39, 0.29) is 0 Å². The van der Waals surface area contributed by atoms with Gasteiger partial charge in [-0.05, 0) is 25.1 Å². The highest BCUT2D eigenvalue weighted by atomic mass is 16.3. The van der Waals surface area contributed by atoms with Crippen molar-refractivity contribution in [1.82, 2.24) is 5.32 Å². The Kier molecular flexibility index (Phi) is 4.61. The van der Waals surface area contributed by atoms with Crippen molar-refractivity contribution in [2.75, 3.05) is 13.6 Å². The Morgan fingerprint density at radius 1 is 1.44 bits per heavy atom. The number of carbonyl (C=O) groups is 1. The summed E-state index contributed by atoms with van der Waals surface area (Å²) in [6.07, 6.45) is -1.02. The van der Waals surface area contributed by atoms with Gasteiger partial charge in [-0.1, -0.05) is 18.2 Å². The number of hydrogen-bond acceptors (Lipinski definition) is 4. The quantitative estimate of drug-likeness (QED) is 0.633. The van der Waals surface area contributed by atoms with E-state index in [1.54, 1.807) is 32.2 Å². The molecule has 0 saturated heterocycles. The van der Waals surface area contributed by atoms with Crippen LogP contribution in [0.2, 0.25) is 0 Å². The molecule has 0 saturated carbocycles. The second kappa shape index (κ2) is 5.75. The van der Waals surface area contributed by atoms with Gasteiger partial charge in [0.1, 0.15) is 12.4 Å². The Morgan fingerprint density at radius 2 is 2.12 bits per heavy atom. The molecule has 16 heavy (non-hydrogen) atoms. The van der Waals surface area contributed by atoms with Gasteiger partial charge in [0.2, 0.25) is 0 Å². The molecule has 0 amide bonds. The van der Waals surface area contributed by atoms with Gasteiger partial charge in [0.15, 0.2) is 0 Å². The van der Waals surface area contributed by atoms with Crippen molar-refractivity contribution < 1.29 is 15.0 Å². The minimum absolute atomic E-state index is 0.315. The lowest BCUT2D eigenvalue weighted by Crippen LogP contribution is -2.29. The highest BCUT2D eigenvalue weighted by molar-refractivity contribution is 5.77. The molecule has 0 bridgehead atoms. The molecule has 88 valence electrons. The first-order valence-corrected chi connectivity index (χ1v) is 5.16. The molecule has 0 radical (unpaired) electrons. The Hall–Kier alpha value is -1.23. The monoisotopic (exact) mass is 223 g/mol. The predicted octanol–water partition coefficient (Wildman–Crippen LogP) is 0.421. The zero-order valence-corrected chi connectivity index (χ0v) is 9.47. The second-order valence-electron chi connectivity index (χ2n) is 3.80. The van der Waals surface area contributed by atoms with Crippen LogP contribution in [0.15, 0.2) is 18.2 Å². The van der Waals surface area contributed by atoms with E-state index in [2.05, 4.69) is 5.32 Å². The van der Waals surface area contributed by atoms with Crippen molar-refractivity contribution in [2.45, 2.75) is 19.1 Å². The minimum Gasteiger partial charge on any atom is -0.389 e. The van der Waals surface area contributed by atoms with Gasteiger partial charge in [-0.15, -0.1) is 0 Å². The number of aliphatic hydroxyl groups is 2. The average molecular weight is 223 g/mol. The number of aldehydes is 1. The molecule has 1 rings (SSSR count). The van der Waals surface area contributed by atoms with Crippen LogP contribution in [0, 0.1) is 6.92 Å². The van der Waals surface area contributed by atoms with Crippen molar-refractivity contribution >= 4 is 6.29 Å². The van der Waals surface area contributed by atoms with Gasteiger partial charge >= 0.3 is 0 Å². The van der Waals surface area contributed by atoms with E-state index in [9.17, 15) is 15.0 Å². The van der Waals surface area contributed by atoms with Crippen molar-refractivity contribution in [1.29, 1.82) is 0 Å². The fourth-order valence-corrected chi connectivity index (χ4v) is 1.56. The van der Waals surface area contributed by atoms with Gasteiger partial charge in [-0.25, -0.2) is 0 Å². The van der Waals surface area contributed by atoms with Gasteiger partial charge in [0.25, 0.3) is 0 Å². The molecule has 0 aliphatic heterocycles. The first-order chi connectivity index (χ1) is 7.60. The summed E-state index contributed by atoms with van der Waals surface area (Å²) < 4.78 is 0. The zero-order valence-electron chi connectivity index (χ0n) is 9.47. The summed E-state index contributed by atoms with van der Waals surface area (Å²) in [5.41, 5.74) is 2.01. The van der Waals surface area contributed by atoms with Crippen LogP contribution in [0.4, 0.5) is 0 Å². The van der Waals surface area contributed by atoms with Crippen LogP contribution in [0.5, 0.6) is 0 Å². The SMILES string of the molecule is CNCC(O)C(O)c1ccc(C=O)c(C)c1. The molecule has 1 aromatic carbocycles. The van der Waals surface area contributed by atoms with Crippen LogP contribution < -0.4 is 5.32 Å². The van der Waals surface area contributed by atoms with E-state index in [0.29, 0.717) is 17.7 Å². The minimum atomic E-state index is -0.938. The molecule has 1 aromatic rings. The summed E-state index contributed by atoms with van der Waals surface area (Å²) in [5.74, 6) is 0. The van der Waals surface area contributed by atoms with Gasteiger partial charge in [0, 0.05) is 12.1 Å². The summed E-state index contributed by atoms with van der Waals surface area (Å²) in [6, 6.07) is 5.01. The normalized spacial score (nSPS) is 14.5. The maximum atomic E-state index is 10.6. The fourth-order valence-electron chi connectivity index (χ4n) is 1.56. The van der Waals surface area contributed by atoms with E-state index in [1.165, 1.54) is 0 Å². The highest BCUT2D eigenvalue weighted by Crippen LogP contribution is 2.19. The molecule has 0 aliphatic rings. The maximum absolute atomic E-state index is 10.6. The van der Waals surface area contributed by atoms with E-state index in [4.69, 9.17) is 0 Å². The number of aliphatic hydroxyl groups excluding tert-OH is 2. The number of aryl methyl sites for hydroxylation is 1. The smallest absolute Gasteiger partial charge is 0.150 e. The Bertz CT molecular complexity index is 365. The lowest BCUT2D eigenvalue weighted by molar-refractivity contribution is 0.0202. The maximum Gasteiger partial charge on any atom is 0.150 e. The molecule has 3 N–H and O–H groups in total. The van der Waals surface area contributed by atoms with Crippen LogP contribution in [-0.4, -0.2) is 36.2 Å². The molecular formula is C12H17NO3. The summed E-state index contributed by atoms with van der Waals surface area (Å²) in [7, 11) is 1.71. The third-order valence-electron chi connectivity index (χ3n) is 2.54. The van der Waals surface area contributed by atoms with E-state index in [1.807, 2.05) is 0 Å². The number of hydrogen-bond donors (Lipinski definition) is 3. The summed E-state index contributed by atoms with van der Waals surface area (Å²) in [6.45, 7) is 2.11. The molecule has 4 heteroatoms. The summed E-state index contributed by atoms with van der Waals surface area (Å²) in [4.78, 5) is 10.6. The number of likely N-dealkylation sites (N-methyl/N-ethyl adjacent to an activating group) is 1. The largest absolute Gasteiger partial charge is 0.389 e. The molecule has 0 aromatic heterocycles. The number of benzene rings is 1. The number of nitrogens with one attached hydrogen (secondary N) is 1. The van der Waals surface area contributed by atoms with E-state index in [0.717, 1.165) is 11.8 Å². The van der Waals surface area contributed by atoms with Crippen LogP contribution in [0.25, 0.3) is 0 Å². The molecule has 2 unspecified atom stereocenters. The van der Waals surface area contributed by atoms with Crippen LogP contribution >= 0.6 is 0 Å². The molecule has 0 heterocycles. The molecule has 0 spiro atoms. The van der Waals surface area contributed by atoms with Gasteiger partial charge in [-0.3, -0.25) is 4.79 Å². The van der Waals surface area contributed by atoms with Crippen molar-refractivity contribution in [2.24, 2.45) is 0 Å². The Labute approximate surface area is 94.9 Å². The lowest BCUT2D eigenvalue weighted by atomic mass is 9.99. The zero-order chi connectivity index (χ0) is 12.1. The third-order valence-corrected chi connectivity index (χ3v) is 2.54. The topological polar surface area (TPSA) is 69.6 Å². The third kappa shape index (κ3) is 2.88. The summed E-state index contributed by atoms with van der Waals surface area (Å²) >= 11 is 0. The molecule has 0 aliphatic carbocycles. The molecular weight excluding hydrogens is 206 g/mol. The second-order valence-corrected chi connectivity index (χ2v) is 3.80. The van der Waals surface area contributed by atoms with E-state index >= 15 is 0 Å². The van der Waals surface area contributed by atoms with Crippen molar-refractivity contribution in [3.63, 3.8) is 0 Å². The number of rotatable bonds is 5. The van der Waals surface area contributed by atoms with Crippen LogP contribution in [0.3, 0.4) is 0 Å². The standard InChI is InChI=1S/C12H17NO3/c1-8-5-9(3-4-10(8)7-14)12(16)11(15)6-13-2/h3-5,7,11-13,15-16H,6H2,1-2H3. The van der Waals surface area contributed by atoms with Crippen LogP contribution in [-0.2, 0) is 0 Å². The number of carbonyl (C=O) groups excluding carboxylic acids is 1. The molecule has 0 fully saturated rings. The van der Waals surface area contributed by atoms with Gasteiger partial charge in [0.05, 0.1) is 6.10 Å². The molecule has 2 atom stereocenters. The Balaban J connectivity index is 2.88. The lowest BCUT2D eigenvalue weighted by Gasteiger charge is -2.18. The first-order valence-electron chi connectivity index (χ1n) is 5.16.